The minimum absolute atomic E-state index is 0.518. The zero-order valence-corrected chi connectivity index (χ0v) is 14.5. The van der Waals surface area contributed by atoms with Crippen LogP contribution in [0.5, 0.6) is 0 Å². The van der Waals surface area contributed by atoms with Gasteiger partial charge in [-0.25, -0.2) is 0 Å². The molecule has 2 unspecified atom stereocenters. The van der Waals surface area contributed by atoms with Crippen molar-refractivity contribution >= 4 is 17.8 Å². The highest BCUT2D eigenvalue weighted by Gasteiger charge is 2.29. The van der Waals surface area contributed by atoms with Crippen LogP contribution in [0.25, 0.3) is 0 Å². The van der Waals surface area contributed by atoms with Gasteiger partial charge in [-0.15, -0.1) is 0 Å². The molecule has 1 nitrogen and oxygen atoms in total. The summed E-state index contributed by atoms with van der Waals surface area (Å²) in [6.07, 6.45) is 15.0. The molecule has 1 saturated carbocycles. The topological polar surface area (TPSA) is 12.4 Å². The van der Waals surface area contributed by atoms with Crippen LogP contribution in [0.4, 0.5) is 0 Å². The number of hydrogen-bond acceptors (Lipinski definition) is 1. The van der Waals surface area contributed by atoms with Crippen molar-refractivity contribution in [3.63, 3.8) is 0 Å². The third kappa shape index (κ3) is 3.56. The van der Waals surface area contributed by atoms with Crippen LogP contribution < -0.4 is 0 Å². The van der Waals surface area contributed by atoms with Crippen LogP contribution in [0.1, 0.15) is 87.3 Å². The van der Waals surface area contributed by atoms with E-state index in [9.17, 15) is 0 Å². The van der Waals surface area contributed by atoms with Gasteiger partial charge in [0.25, 0.3) is 0 Å². The monoisotopic (exact) mass is 317 g/mol. The lowest BCUT2D eigenvalue weighted by Gasteiger charge is -2.28. The zero-order chi connectivity index (χ0) is 15.4. The molecule has 2 atom stereocenters. The van der Waals surface area contributed by atoms with Crippen LogP contribution >= 0.6 is 11.6 Å². The third-order valence-electron chi connectivity index (χ3n) is 5.34. The molecule has 2 aliphatic rings. The Hall–Kier alpha value is -0.820. The van der Waals surface area contributed by atoms with Crippen molar-refractivity contribution in [3.05, 3.63) is 33.8 Å². The number of unbranched alkanes of at least 4 members (excludes halogenated alkanes) is 3. The molecule has 1 aliphatic heterocycles. The fraction of sp³-hybridized carbons (Fsp3) is 0.650. The molecule has 0 amide bonds. The Morgan fingerprint density at radius 1 is 1.09 bits per heavy atom. The van der Waals surface area contributed by atoms with E-state index in [1.54, 1.807) is 0 Å². The van der Waals surface area contributed by atoms with Crippen molar-refractivity contribution in [2.75, 3.05) is 0 Å². The SMILES string of the molecule is CCCCCCc1cc2c(cc1Cl)C=NC1CCCCCC21. The largest absolute Gasteiger partial charge is 0.289 e. The summed E-state index contributed by atoms with van der Waals surface area (Å²) in [7, 11) is 0. The highest BCUT2D eigenvalue weighted by molar-refractivity contribution is 6.31. The molecule has 0 bridgehead atoms. The van der Waals surface area contributed by atoms with E-state index in [0.29, 0.717) is 12.0 Å². The van der Waals surface area contributed by atoms with Gasteiger partial charge in [0.1, 0.15) is 0 Å². The Bertz CT molecular complexity index is 535. The van der Waals surface area contributed by atoms with Gasteiger partial charge in [-0.05, 0) is 48.4 Å². The Labute approximate surface area is 140 Å². The fourth-order valence-corrected chi connectivity index (χ4v) is 4.29. The molecule has 1 aromatic carbocycles. The lowest BCUT2D eigenvalue weighted by atomic mass is 9.82. The first kappa shape index (κ1) is 16.1. The number of benzene rings is 1. The van der Waals surface area contributed by atoms with Gasteiger partial charge in [-0.2, -0.15) is 0 Å². The summed E-state index contributed by atoms with van der Waals surface area (Å²) in [6, 6.07) is 5.10. The predicted octanol–water partition coefficient (Wildman–Crippen LogP) is 6.31. The van der Waals surface area contributed by atoms with Crippen molar-refractivity contribution in [2.45, 2.75) is 83.1 Å². The highest BCUT2D eigenvalue weighted by Crippen LogP contribution is 2.39. The van der Waals surface area contributed by atoms with Crippen molar-refractivity contribution < 1.29 is 0 Å². The highest BCUT2D eigenvalue weighted by atomic mass is 35.5. The minimum atomic E-state index is 0.518. The molecule has 120 valence electrons. The number of fused-ring (bicyclic) bond motifs is 3. The van der Waals surface area contributed by atoms with Crippen LogP contribution in [0.3, 0.4) is 0 Å². The maximum atomic E-state index is 6.52. The first-order chi connectivity index (χ1) is 10.8. The Balaban J connectivity index is 1.81. The second-order valence-corrected chi connectivity index (χ2v) is 7.38. The molecule has 0 saturated heterocycles. The van der Waals surface area contributed by atoms with Gasteiger partial charge in [0.05, 0.1) is 6.04 Å². The molecule has 1 aliphatic carbocycles. The predicted molar refractivity (Wildman–Crippen MR) is 96.5 cm³/mol. The Morgan fingerprint density at radius 2 is 1.95 bits per heavy atom. The molecule has 3 rings (SSSR count). The Kier molecular flexibility index (Phi) is 5.57. The van der Waals surface area contributed by atoms with Gasteiger partial charge in [0.2, 0.25) is 0 Å². The summed E-state index contributed by atoms with van der Waals surface area (Å²) in [4.78, 5) is 4.83. The summed E-state index contributed by atoms with van der Waals surface area (Å²) in [5.74, 6) is 0.633. The van der Waals surface area contributed by atoms with Crippen LogP contribution in [0.2, 0.25) is 5.02 Å². The average Bonchev–Trinajstić information content (AvgIpc) is 2.77. The number of nitrogens with zero attached hydrogens (tertiary/aromatic N) is 1. The van der Waals surface area contributed by atoms with Crippen molar-refractivity contribution in [3.8, 4) is 0 Å². The van der Waals surface area contributed by atoms with E-state index in [1.807, 2.05) is 0 Å². The zero-order valence-electron chi connectivity index (χ0n) is 13.8. The molecule has 0 aromatic heterocycles. The summed E-state index contributed by atoms with van der Waals surface area (Å²) in [5.41, 5.74) is 4.15. The maximum absolute atomic E-state index is 6.52. The fourth-order valence-electron chi connectivity index (χ4n) is 4.02. The van der Waals surface area contributed by atoms with Crippen molar-refractivity contribution in [1.29, 1.82) is 0 Å². The molecule has 0 spiro atoms. The van der Waals surface area contributed by atoms with Gasteiger partial charge >= 0.3 is 0 Å². The first-order valence-electron chi connectivity index (χ1n) is 9.15. The van der Waals surface area contributed by atoms with Gasteiger partial charge in [-0.1, -0.05) is 63.1 Å². The summed E-state index contributed by atoms with van der Waals surface area (Å²) >= 11 is 6.52. The summed E-state index contributed by atoms with van der Waals surface area (Å²) in [5, 5.41) is 0.939. The maximum Gasteiger partial charge on any atom is 0.0568 e. The van der Waals surface area contributed by atoms with E-state index >= 15 is 0 Å². The standard InChI is InChI=1S/C20H28ClN/c1-2-3-4-6-9-15-12-18-16(13-19(15)21)14-22-20-11-8-5-7-10-17(18)20/h12-14,17,20H,2-11H2,1H3. The van der Waals surface area contributed by atoms with Crippen LogP contribution in [-0.2, 0) is 6.42 Å². The molecule has 1 heterocycles. The average molecular weight is 318 g/mol. The van der Waals surface area contributed by atoms with E-state index in [-0.39, 0.29) is 0 Å². The molecule has 1 aromatic rings. The van der Waals surface area contributed by atoms with Crippen LogP contribution in [0, 0.1) is 0 Å². The number of hydrogen-bond donors (Lipinski definition) is 0. The van der Waals surface area contributed by atoms with E-state index in [4.69, 9.17) is 16.6 Å². The van der Waals surface area contributed by atoms with Gasteiger partial charge < -0.3 is 0 Å². The Morgan fingerprint density at radius 3 is 2.82 bits per heavy atom. The third-order valence-corrected chi connectivity index (χ3v) is 5.69. The number of rotatable bonds is 5. The molecule has 0 N–H and O–H groups in total. The molecule has 2 heteroatoms. The lowest BCUT2D eigenvalue weighted by Crippen LogP contribution is -2.21. The molecule has 0 radical (unpaired) electrons. The first-order valence-corrected chi connectivity index (χ1v) is 9.53. The van der Waals surface area contributed by atoms with Gasteiger partial charge in [0, 0.05) is 17.2 Å². The number of aryl methyl sites for hydroxylation is 1. The smallest absolute Gasteiger partial charge is 0.0568 e. The number of aliphatic imine (C=N–C) groups is 1. The second-order valence-electron chi connectivity index (χ2n) is 6.97. The molecule has 22 heavy (non-hydrogen) atoms. The van der Waals surface area contributed by atoms with Crippen molar-refractivity contribution in [2.24, 2.45) is 4.99 Å². The summed E-state index contributed by atoms with van der Waals surface area (Å²) in [6.45, 7) is 2.26. The van der Waals surface area contributed by atoms with E-state index in [0.717, 1.165) is 11.4 Å². The van der Waals surface area contributed by atoms with E-state index < -0.39 is 0 Å². The van der Waals surface area contributed by atoms with Crippen LogP contribution in [0.15, 0.2) is 17.1 Å². The molecular weight excluding hydrogens is 290 g/mol. The second kappa shape index (κ2) is 7.64. The van der Waals surface area contributed by atoms with Gasteiger partial charge in [0.15, 0.2) is 0 Å². The normalized spacial score (nSPS) is 23.7. The molecular formula is C20H28ClN. The van der Waals surface area contributed by atoms with E-state index in [1.165, 1.54) is 74.5 Å². The quantitative estimate of drug-likeness (QED) is 0.564. The molecule has 1 fully saturated rings. The summed E-state index contributed by atoms with van der Waals surface area (Å²) < 4.78 is 0. The van der Waals surface area contributed by atoms with Crippen LogP contribution in [-0.4, -0.2) is 12.3 Å². The minimum Gasteiger partial charge on any atom is -0.289 e. The van der Waals surface area contributed by atoms with E-state index in [2.05, 4.69) is 25.3 Å². The number of halogens is 1. The van der Waals surface area contributed by atoms with Crippen molar-refractivity contribution in [1.82, 2.24) is 0 Å². The van der Waals surface area contributed by atoms with Gasteiger partial charge in [-0.3, -0.25) is 4.99 Å². The lowest BCUT2D eigenvalue weighted by molar-refractivity contribution is 0.502.